The van der Waals surface area contributed by atoms with Crippen molar-refractivity contribution in [1.29, 1.82) is 0 Å². The van der Waals surface area contributed by atoms with Crippen LogP contribution in [0.4, 0.5) is 10.5 Å². The molecule has 0 spiro atoms. The molecule has 3 aliphatic rings. The number of cyclic esters (lactones) is 1. The number of esters is 1. The first kappa shape index (κ1) is 27.3. The Hall–Kier alpha value is -2.69. The number of nitrogens with one attached hydrogen (secondary N) is 3. The SMILES string of the molecule is CCO[C@H]1CC(=O)O[C@H]1NC(=O)[N@+]1(NC(=O)c2ccc(NC(C)=O)cc2Cl)CC[C@@H](C2CCCCC2)C1. The van der Waals surface area contributed by atoms with E-state index in [0.29, 0.717) is 31.3 Å². The Kier molecular flexibility index (Phi) is 8.71. The number of benzene rings is 1. The quantitative estimate of drug-likeness (QED) is 0.376. The second-order valence-corrected chi connectivity index (χ2v) is 10.6. The molecule has 202 valence electrons. The zero-order valence-electron chi connectivity index (χ0n) is 21.4. The Balaban J connectivity index is 1.55. The van der Waals surface area contributed by atoms with E-state index in [1.54, 1.807) is 6.07 Å². The summed E-state index contributed by atoms with van der Waals surface area (Å²) >= 11 is 6.38. The number of nitrogens with zero attached hydrogens (tertiary/aromatic N) is 1. The summed E-state index contributed by atoms with van der Waals surface area (Å²) in [4.78, 5) is 50.4. The summed E-state index contributed by atoms with van der Waals surface area (Å²) in [6.07, 6.45) is 5.23. The van der Waals surface area contributed by atoms with Gasteiger partial charge in [-0.3, -0.25) is 19.7 Å². The van der Waals surface area contributed by atoms with Crippen LogP contribution in [0.15, 0.2) is 18.2 Å². The number of hydrogen-bond donors (Lipinski definition) is 3. The van der Waals surface area contributed by atoms with Gasteiger partial charge in [-0.25, -0.2) is 4.79 Å². The van der Waals surface area contributed by atoms with Gasteiger partial charge in [0, 0.05) is 31.6 Å². The summed E-state index contributed by atoms with van der Waals surface area (Å²) in [6.45, 7) is 4.44. The standard InChI is InChI=1S/C26H35ClN4O6/c1-3-36-22-14-23(33)37-25(22)29-26(35)31(12-11-18(15-31)17-7-5-4-6-8-17)30-24(34)20-10-9-19(13-21(20)27)28-16(2)32/h9-10,13,17-18,22,25H,3-8,11-12,14-15H2,1-2H3,(H2-,28,29,30,32,34,35)/p+1/t18-,22+,25-,31+/m1/s1. The van der Waals surface area contributed by atoms with Crippen molar-refractivity contribution in [2.75, 3.05) is 25.0 Å². The number of carbonyl (C=O) groups excluding carboxylic acids is 4. The summed E-state index contributed by atoms with van der Waals surface area (Å²) in [5, 5.41) is 5.62. The van der Waals surface area contributed by atoms with E-state index in [1.807, 2.05) is 6.92 Å². The lowest BCUT2D eigenvalue weighted by atomic mass is 9.79. The van der Waals surface area contributed by atoms with E-state index in [9.17, 15) is 19.2 Å². The third kappa shape index (κ3) is 6.42. The second-order valence-electron chi connectivity index (χ2n) is 10.2. The smallest absolute Gasteiger partial charge is 0.439 e. The van der Waals surface area contributed by atoms with Gasteiger partial charge in [-0.05, 0) is 43.9 Å². The van der Waals surface area contributed by atoms with Crippen molar-refractivity contribution in [3.63, 3.8) is 0 Å². The fourth-order valence-corrected chi connectivity index (χ4v) is 6.06. The molecule has 0 radical (unpaired) electrons. The molecule has 10 nitrogen and oxygen atoms in total. The summed E-state index contributed by atoms with van der Waals surface area (Å²) in [5.41, 5.74) is 3.61. The van der Waals surface area contributed by atoms with Crippen LogP contribution in [0.3, 0.4) is 0 Å². The summed E-state index contributed by atoms with van der Waals surface area (Å²) in [7, 11) is 0. The van der Waals surface area contributed by atoms with Gasteiger partial charge in [0.15, 0.2) is 0 Å². The lowest BCUT2D eigenvalue weighted by molar-refractivity contribution is -0.875. The highest BCUT2D eigenvalue weighted by Gasteiger charge is 2.51. The van der Waals surface area contributed by atoms with Crippen molar-refractivity contribution in [2.45, 2.75) is 71.1 Å². The predicted molar refractivity (Wildman–Crippen MR) is 136 cm³/mol. The molecule has 1 aromatic rings. The first-order valence-corrected chi connectivity index (χ1v) is 13.5. The Bertz CT molecular complexity index is 1050. The van der Waals surface area contributed by atoms with Crippen LogP contribution in [0, 0.1) is 11.8 Å². The average Bonchev–Trinajstić information content (AvgIpc) is 3.43. The van der Waals surface area contributed by atoms with Gasteiger partial charge < -0.3 is 14.8 Å². The van der Waals surface area contributed by atoms with E-state index in [2.05, 4.69) is 16.1 Å². The van der Waals surface area contributed by atoms with Crippen LogP contribution in [0.5, 0.6) is 0 Å². The predicted octanol–water partition coefficient (Wildman–Crippen LogP) is 3.75. The number of hydrogen-bond acceptors (Lipinski definition) is 6. The highest BCUT2D eigenvalue weighted by molar-refractivity contribution is 6.34. The number of halogens is 1. The number of amides is 4. The molecule has 0 bridgehead atoms. The van der Waals surface area contributed by atoms with E-state index in [-0.39, 0.29) is 33.4 Å². The monoisotopic (exact) mass is 535 g/mol. The Morgan fingerprint density at radius 3 is 2.57 bits per heavy atom. The van der Waals surface area contributed by atoms with E-state index in [0.717, 1.165) is 19.3 Å². The van der Waals surface area contributed by atoms with Crippen LogP contribution >= 0.6 is 11.6 Å². The molecule has 4 rings (SSSR count). The Labute approximate surface area is 221 Å². The van der Waals surface area contributed by atoms with Gasteiger partial charge in [-0.15, -0.1) is 4.59 Å². The highest BCUT2D eigenvalue weighted by Crippen LogP contribution is 2.37. The normalized spacial score (nSPS) is 28.0. The number of carbonyl (C=O) groups is 4. The van der Waals surface area contributed by atoms with Gasteiger partial charge in [0.2, 0.25) is 12.1 Å². The van der Waals surface area contributed by atoms with E-state index in [1.165, 1.54) is 38.3 Å². The number of anilines is 1. The molecule has 0 unspecified atom stereocenters. The van der Waals surface area contributed by atoms with Crippen molar-refractivity contribution in [3.05, 3.63) is 28.8 Å². The topological polar surface area (TPSA) is 123 Å². The van der Waals surface area contributed by atoms with Crippen molar-refractivity contribution >= 4 is 41.1 Å². The summed E-state index contributed by atoms with van der Waals surface area (Å²) in [5.74, 6) is -0.383. The number of urea groups is 1. The van der Waals surface area contributed by atoms with Crippen LogP contribution in [-0.2, 0) is 19.1 Å². The first-order valence-electron chi connectivity index (χ1n) is 13.1. The van der Waals surface area contributed by atoms with E-state index < -0.39 is 30.2 Å². The third-order valence-electron chi connectivity index (χ3n) is 7.59. The molecule has 4 atom stereocenters. The number of ether oxygens (including phenoxy) is 2. The molecular formula is C26H36ClN4O6+. The van der Waals surface area contributed by atoms with Gasteiger partial charge in [-0.1, -0.05) is 30.9 Å². The molecule has 1 saturated carbocycles. The first-order chi connectivity index (χ1) is 17.7. The van der Waals surface area contributed by atoms with Gasteiger partial charge in [0.05, 0.1) is 17.0 Å². The molecule has 4 amide bonds. The van der Waals surface area contributed by atoms with Crippen molar-refractivity contribution in [3.8, 4) is 0 Å². The zero-order chi connectivity index (χ0) is 26.6. The van der Waals surface area contributed by atoms with Crippen LogP contribution in [0.25, 0.3) is 0 Å². The van der Waals surface area contributed by atoms with Gasteiger partial charge >= 0.3 is 12.0 Å². The molecule has 3 N–H and O–H groups in total. The molecular weight excluding hydrogens is 500 g/mol. The summed E-state index contributed by atoms with van der Waals surface area (Å²) < 4.78 is 10.6. The average molecular weight is 536 g/mol. The van der Waals surface area contributed by atoms with Crippen molar-refractivity contribution < 1.29 is 33.2 Å². The zero-order valence-corrected chi connectivity index (χ0v) is 22.1. The van der Waals surface area contributed by atoms with Crippen LogP contribution in [0.1, 0.15) is 69.2 Å². The maximum Gasteiger partial charge on any atom is 0.444 e. The maximum absolute atomic E-state index is 13.8. The van der Waals surface area contributed by atoms with Crippen LogP contribution in [0.2, 0.25) is 5.02 Å². The highest BCUT2D eigenvalue weighted by atomic mass is 35.5. The second kappa shape index (κ2) is 11.8. The minimum absolute atomic E-state index is 0.0616. The minimum atomic E-state index is -0.916. The molecule has 11 heteroatoms. The molecule has 2 heterocycles. The van der Waals surface area contributed by atoms with E-state index in [4.69, 9.17) is 21.1 Å². The molecule has 2 aliphatic heterocycles. The number of quaternary nitrogens is 1. The van der Waals surface area contributed by atoms with Gasteiger partial charge in [-0.2, -0.15) is 5.43 Å². The maximum atomic E-state index is 13.8. The Morgan fingerprint density at radius 2 is 1.89 bits per heavy atom. The van der Waals surface area contributed by atoms with Gasteiger partial charge in [0.25, 0.3) is 5.91 Å². The molecule has 3 fully saturated rings. The lowest BCUT2D eigenvalue weighted by Crippen LogP contribution is -2.67. The number of likely N-dealkylation sites (tertiary alicyclic amines) is 1. The van der Waals surface area contributed by atoms with Crippen molar-refractivity contribution in [1.82, 2.24) is 10.7 Å². The van der Waals surface area contributed by atoms with Crippen molar-refractivity contribution in [2.24, 2.45) is 11.8 Å². The van der Waals surface area contributed by atoms with Crippen LogP contribution < -0.4 is 16.1 Å². The fourth-order valence-electron chi connectivity index (χ4n) is 5.80. The molecule has 0 aromatic heterocycles. The third-order valence-corrected chi connectivity index (χ3v) is 7.91. The molecule has 1 aliphatic carbocycles. The minimum Gasteiger partial charge on any atom is -0.439 e. The molecule has 2 saturated heterocycles. The summed E-state index contributed by atoms with van der Waals surface area (Å²) in [6, 6.07) is 4.17. The van der Waals surface area contributed by atoms with E-state index >= 15 is 0 Å². The Morgan fingerprint density at radius 1 is 1.14 bits per heavy atom. The largest absolute Gasteiger partial charge is 0.444 e. The fraction of sp³-hybridized carbons (Fsp3) is 0.615. The van der Waals surface area contributed by atoms with Gasteiger partial charge in [0.1, 0.15) is 19.2 Å². The molecule has 37 heavy (non-hydrogen) atoms. The number of rotatable bonds is 6. The lowest BCUT2D eigenvalue weighted by Gasteiger charge is -2.33. The molecule has 1 aromatic carbocycles. The van der Waals surface area contributed by atoms with Crippen LogP contribution in [-0.4, -0.2) is 60.4 Å².